The third kappa shape index (κ3) is 2.33. The highest BCUT2D eigenvalue weighted by molar-refractivity contribution is 5.49. The van der Waals surface area contributed by atoms with Crippen molar-refractivity contribution in [1.82, 2.24) is 4.98 Å². The third-order valence-corrected chi connectivity index (χ3v) is 1.91. The first-order chi connectivity index (χ1) is 7.75. The van der Waals surface area contributed by atoms with Gasteiger partial charge in [-0.25, -0.2) is 4.98 Å². The number of aromatic hydroxyl groups is 1. The maximum absolute atomic E-state index is 9.17. The zero-order valence-electron chi connectivity index (χ0n) is 8.41. The first-order valence-corrected chi connectivity index (χ1v) is 4.68. The number of hydrogen-bond donors (Lipinski definition) is 2. The lowest BCUT2D eigenvalue weighted by atomic mass is 10.3. The van der Waals surface area contributed by atoms with Gasteiger partial charge in [0.1, 0.15) is 0 Å². The molecule has 0 aliphatic rings. The van der Waals surface area contributed by atoms with E-state index in [2.05, 4.69) is 15.2 Å². The molecule has 16 heavy (non-hydrogen) atoms. The number of pyridine rings is 1. The molecule has 3 N–H and O–H groups in total. The molecule has 0 aliphatic heterocycles. The fraction of sp³-hybridized carbons (Fsp3) is 0. The molecule has 5 heteroatoms. The Morgan fingerprint density at radius 3 is 2.44 bits per heavy atom. The molecular formula is C11H10N4O. The Kier molecular flexibility index (Phi) is 2.77. The molecule has 1 aromatic carbocycles. The molecule has 0 radical (unpaired) electrons. The molecule has 0 saturated carbocycles. The first kappa shape index (κ1) is 10.1. The van der Waals surface area contributed by atoms with Gasteiger partial charge in [-0.05, 0) is 24.3 Å². The maximum Gasteiger partial charge on any atom is 0.176 e. The summed E-state index contributed by atoms with van der Waals surface area (Å²) < 4.78 is 0. The van der Waals surface area contributed by atoms with Crippen molar-refractivity contribution in [2.45, 2.75) is 0 Å². The van der Waals surface area contributed by atoms with Crippen molar-refractivity contribution < 1.29 is 5.11 Å². The highest BCUT2D eigenvalue weighted by Gasteiger charge is 1.98. The summed E-state index contributed by atoms with van der Waals surface area (Å²) in [6, 6.07) is 12.3. The summed E-state index contributed by atoms with van der Waals surface area (Å²) in [5, 5.41) is 17.0. The number of anilines is 1. The summed E-state index contributed by atoms with van der Waals surface area (Å²) in [5.74, 6) is 0.349. The Morgan fingerprint density at radius 1 is 1.00 bits per heavy atom. The van der Waals surface area contributed by atoms with Gasteiger partial charge < -0.3 is 10.8 Å². The molecule has 2 aromatic rings. The molecule has 1 heterocycles. The van der Waals surface area contributed by atoms with Gasteiger partial charge in [-0.3, -0.25) is 0 Å². The van der Waals surface area contributed by atoms with Gasteiger partial charge in [0, 0.05) is 0 Å². The number of nitrogen functional groups attached to an aromatic ring is 1. The monoisotopic (exact) mass is 214 g/mol. The lowest BCUT2D eigenvalue weighted by molar-refractivity contribution is 0.476. The molecule has 2 rings (SSSR count). The van der Waals surface area contributed by atoms with Gasteiger partial charge in [0.05, 0.1) is 5.69 Å². The van der Waals surface area contributed by atoms with E-state index < -0.39 is 0 Å². The van der Waals surface area contributed by atoms with Gasteiger partial charge in [0.15, 0.2) is 17.4 Å². The van der Waals surface area contributed by atoms with Gasteiger partial charge >= 0.3 is 0 Å². The summed E-state index contributed by atoms with van der Waals surface area (Å²) in [5.41, 5.74) is 6.16. The largest absolute Gasteiger partial charge is 0.504 e. The van der Waals surface area contributed by atoms with Gasteiger partial charge in [0.25, 0.3) is 0 Å². The smallest absolute Gasteiger partial charge is 0.176 e. The predicted molar refractivity (Wildman–Crippen MR) is 60.9 cm³/mol. The van der Waals surface area contributed by atoms with Crippen LogP contribution in [0.5, 0.6) is 5.75 Å². The van der Waals surface area contributed by atoms with Crippen LogP contribution >= 0.6 is 0 Å². The molecule has 1 aromatic heterocycles. The molecular weight excluding hydrogens is 204 g/mol. The minimum absolute atomic E-state index is 0.0458. The normalized spacial score (nSPS) is 10.8. The number of azo groups is 1. The van der Waals surface area contributed by atoms with E-state index in [-0.39, 0.29) is 11.6 Å². The second-order valence-electron chi connectivity index (χ2n) is 3.11. The minimum atomic E-state index is -0.0568. The van der Waals surface area contributed by atoms with E-state index in [1.54, 1.807) is 0 Å². The number of rotatable bonds is 2. The summed E-state index contributed by atoms with van der Waals surface area (Å²) in [7, 11) is 0. The molecule has 0 atom stereocenters. The fourth-order valence-corrected chi connectivity index (χ4v) is 1.12. The topological polar surface area (TPSA) is 83.9 Å². The van der Waals surface area contributed by atoms with Crippen LogP contribution in [0.2, 0.25) is 0 Å². The maximum atomic E-state index is 9.17. The molecule has 5 nitrogen and oxygen atoms in total. The lowest BCUT2D eigenvalue weighted by Gasteiger charge is -1.97. The average molecular weight is 214 g/mol. The van der Waals surface area contributed by atoms with E-state index in [9.17, 15) is 0 Å². The molecule has 0 aliphatic carbocycles. The van der Waals surface area contributed by atoms with Crippen molar-refractivity contribution in [2.24, 2.45) is 10.2 Å². The highest BCUT2D eigenvalue weighted by atomic mass is 16.3. The standard InChI is InChI=1S/C11H10N4O/c12-11-9(16)6-7-10(13-11)15-14-8-4-2-1-3-5-8/h1-7,16H,(H2,12,13). The van der Waals surface area contributed by atoms with E-state index in [1.807, 2.05) is 30.3 Å². The zero-order chi connectivity index (χ0) is 11.4. The number of aromatic nitrogens is 1. The predicted octanol–water partition coefficient (Wildman–Crippen LogP) is 2.78. The molecule has 0 spiro atoms. The summed E-state index contributed by atoms with van der Waals surface area (Å²) >= 11 is 0. The molecule has 0 unspecified atom stereocenters. The summed E-state index contributed by atoms with van der Waals surface area (Å²) in [6.45, 7) is 0. The van der Waals surface area contributed by atoms with Crippen LogP contribution in [-0.4, -0.2) is 10.1 Å². The van der Waals surface area contributed by atoms with E-state index in [0.717, 1.165) is 5.69 Å². The van der Waals surface area contributed by atoms with Gasteiger partial charge in [0.2, 0.25) is 0 Å². The van der Waals surface area contributed by atoms with Crippen LogP contribution in [-0.2, 0) is 0 Å². The first-order valence-electron chi connectivity index (χ1n) is 4.68. The van der Waals surface area contributed by atoms with Crippen molar-refractivity contribution in [2.75, 3.05) is 5.73 Å². The Morgan fingerprint density at radius 2 is 1.75 bits per heavy atom. The molecule has 0 bridgehead atoms. The average Bonchev–Trinajstić information content (AvgIpc) is 2.32. The van der Waals surface area contributed by atoms with Crippen molar-refractivity contribution in [3.8, 4) is 5.75 Å². The summed E-state index contributed by atoms with van der Waals surface area (Å²) in [6.07, 6.45) is 0. The van der Waals surface area contributed by atoms with Gasteiger partial charge in [-0.2, -0.15) is 0 Å². The van der Waals surface area contributed by atoms with Crippen molar-refractivity contribution in [1.29, 1.82) is 0 Å². The highest BCUT2D eigenvalue weighted by Crippen LogP contribution is 2.22. The van der Waals surface area contributed by atoms with Gasteiger partial charge in [-0.1, -0.05) is 18.2 Å². The minimum Gasteiger partial charge on any atom is -0.504 e. The molecule has 80 valence electrons. The summed E-state index contributed by atoms with van der Waals surface area (Å²) in [4.78, 5) is 3.86. The number of benzene rings is 1. The molecule has 0 fully saturated rings. The number of nitrogens with two attached hydrogens (primary N) is 1. The number of hydrogen-bond acceptors (Lipinski definition) is 5. The van der Waals surface area contributed by atoms with E-state index in [4.69, 9.17) is 10.8 Å². The third-order valence-electron chi connectivity index (χ3n) is 1.91. The number of nitrogens with zero attached hydrogens (tertiary/aromatic N) is 3. The lowest BCUT2D eigenvalue weighted by Crippen LogP contribution is -1.88. The van der Waals surface area contributed by atoms with E-state index >= 15 is 0 Å². The van der Waals surface area contributed by atoms with E-state index in [0.29, 0.717) is 5.82 Å². The van der Waals surface area contributed by atoms with Crippen LogP contribution < -0.4 is 5.73 Å². The van der Waals surface area contributed by atoms with Crippen LogP contribution in [0, 0.1) is 0 Å². The van der Waals surface area contributed by atoms with Crippen molar-refractivity contribution >= 4 is 17.3 Å². The van der Waals surface area contributed by atoms with Crippen LogP contribution in [0.3, 0.4) is 0 Å². The van der Waals surface area contributed by atoms with Crippen LogP contribution in [0.15, 0.2) is 52.7 Å². The van der Waals surface area contributed by atoms with Crippen molar-refractivity contribution in [3.05, 3.63) is 42.5 Å². The van der Waals surface area contributed by atoms with Crippen LogP contribution in [0.4, 0.5) is 17.3 Å². The van der Waals surface area contributed by atoms with Crippen LogP contribution in [0.25, 0.3) is 0 Å². The quantitative estimate of drug-likeness (QED) is 0.754. The Bertz CT molecular complexity index is 511. The molecule has 0 amide bonds. The Balaban J connectivity index is 2.21. The van der Waals surface area contributed by atoms with Gasteiger partial charge in [-0.15, -0.1) is 10.2 Å². The van der Waals surface area contributed by atoms with E-state index in [1.165, 1.54) is 12.1 Å². The molecule has 0 saturated heterocycles. The fourth-order valence-electron chi connectivity index (χ4n) is 1.12. The Labute approximate surface area is 92.3 Å². The van der Waals surface area contributed by atoms with Crippen molar-refractivity contribution in [3.63, 3.8) is 0 Å². The SMILES string of the molecule is Nc1nc(N=Nc2ccccc2)ccc1O. The second kappa shape index (κ2) is 4.39. The Hall–Kier alpha value is -2.43. The van der Waals surface area contributed by atoms with Crippen LogP contribution in [0.1, 0.15) is 0 Å². The second-order valence-corrected chi connectivity index (χ2v) is 3.11. The zero-order valence-corrected chi connectivity index (χ0v) is 8.41.